The SMILES string of the molecule is COC(=O)C(Cc1ccccc1)NC(=O)c1cscn1. The molecule has 104 valence electrons. The van der Waals surface area contributed by atoms with Crippen molar-refractivity contribution in [2.75, 3.05) is 7.11 Å². The van der Waals surface area contributed by atoms with Crippen LogP contribution in [0.3, 0.4) is 0 Å². The molecular weight excluding hydrogens is 276 g/mol. The van der Waals surface area contributed by atoms with Gasteiger partial charge in [0.2, 0.25) is 0 Å². The van der Waals surface area contributed by atoms with Gasteiger partial charge in [0.25, 0.3) is 5.91 Å². The number of nitrogens with zero attached hydrogens (tertiary/aromatic N) is 1. The number of aromatic nitrogens is 1. The standard InChI is InChI=1S/C14H14N2O3S/c1-19-14(18)11(7-10-5-3-2-4-6-10)16-13(17)12-8-20-9-15-12/h2-6,8-9,11H,7H2,1H3,(H,16,17). The third-order valence-electron chi connectivity index (χ3n) is 2.74. The van der Waals surface area contributed by atoms with Crippen LogP contribution in [0.5, 0.6) is 0 Å². The van der Waals surface area contributed by atoms with Crippen molar-refractivity contribution < 1.29 is 14.3 Å². The van der Waals surface area contributed by atoms with Crippen LogP contribution in [0.4, 0.5) is 0 Å². The number of methoxy groups -OCH3 is 1. The summed E-state index contributed by atoms with van der Waals surface area (Å²) in [4.78, 5) is 27.6. The van der Waals surface area contributed by atoms with Gasteiger partial charge in [-0.2, -0.15) is 0 Å². The van der Waals surface area contributed by atoms with Gasteiger partial charge in [-0.05, 0) is 5.56 Å². The zero-order chi connectivity index (χ0) is 14.4. The van der Waals surface area contributed by atoms with Crippen LogP contribution < -0.4 is 5.32 Å². The van der Waals surface area contributed by atoms with Crippen LogP contribution in [0.1, 0.15) is 16.1 Å². The molecule has 0 fully saturated rings. The monoisotopic (exact) mass is 290 g/mol. The fourth-order valence-corrected chi connectivity index (χ4v) is 2.27. The number of hydrogen-bond donors (Lipinski definition) is 1. The summed E-state index contributed by atoms with van der Waals surface area (Å²) >= 11 is 1.33. The van der Waals surface area contributed by atoms with Gasteiger partial charge in [0.1, 0.15) is 11.7 Å². The second kappa shape index (κ2) is 6.81. The van der Waals surface area contributed by atoms with Crippen LogP contribution in [-0.4, -0.2) is 30.0 Å². The summed E-state index contributed by atoms with van der Waals surface area (Å²) in [6.07, 6.45) is 0.378. The maximum atomic E-state index is 12.0. The molecule has 1 aromatic heterocycles. The van der Waals surface area contributed by atoms with Crippen molar-refractivity contribution in [2.45, 2.75) is 12.5 Å². The first-order valence-electron chi connectivity index (χ1n) is 6.01. The zero-order valence-electron chi connectivity index (χ0n) is 10.9. The Morgan fingerprint density at radius 1 is 1.35 bits per heavy atom. The average molecular weight is 290 g/mol. The lowest BCUT2D eigenvalue weighted by Gasteiger charge is -2.15. The number of carbonyl (C=O) groups is 2. The van der Waals surface area contributed by atoms with Crippen LogP contribution in [0.2, 0.25) is 0 Å². The number of thiazole rings is 1. The molecule has 1 unspecified atom stereocenters. The van der Waals surface area contributed by atoms with Gasteiger partial charge >= 0.3 is 5.97 Å². The molecule has 0 aliphatic carbocycles. The number of carbonyl (C=O) groups excluding carboxylic acids is 2. The normalized spacial score (nSPS) is 11.7. The maximum Gasteiger partial charge on any atom is 0.328 e. The molecule has 1 N–H and O–H groups in total. The quantitative estimate of drug-likeness (QED) is 0.850. The number of rotatable bonds is 5. The minimum Gasteiger partial charge on any atom is -0.467 e. The highest BCUT2D eigenvalue weighted by molar-refractivity contribution is 7.07. The van der Waals surface area contributed by atoms with Gasteiger partial charge < -0.3 is 10.1 Å². The molecule has 1 aromatic carbocycles. The van der Waals surface area contributed by atoms with Crippen molar-refractivity contribution in [3.63, 3.8) is 0 Å². The minimum absolute atomic E-state index is 0.303. The molecule has 1 heterocycles. The van der Waals surface area contributed by atoms with E-state index in [-0.39, 0.29) is 5.91 Å². The number of amides is 1. The van der Waals surface area contributed by atoms with Crippen molar-refractivity contribution in [1.82, 2.24) is 10.3 Å². The Morgan fingerprint density at radius 2 is 2.10 bits per heavy atom. The Hall–Kier alpha value is -2.21. The third-order valence-corrected chi connectivity index (χ3v) is 3.33. The van der Waals surface area contributed by atoms with E-state index in [1.165, 1.54) is 18.4 Å². The van der Waals surface area contributed by atoms with Gasteiger partial charge in [-0.15, -0.1) is 11.3 Å². The summed E-state index contributed by atoms with van der Waals surface area (Å²) < 4.78 is 4.73. The molecule has 5 nitrogen and oxygen atoms in total. The first-order valence-corrected chi connectivity index (χ1v) is 6.96. The summed E-state index contributed by atoms with van der Waals surface area (Å²) in [6.45, 7) is 0. The van der Waals surface area contributed by atoms with Crippen molar-refractivity contribution in [2.24, 2.45) is 0 Å². The number of hydrogen-bond acceptors (Lipinski definition) is 5. The summed E-state index contributed by atoms with van der Waals surface area (Å²) in [7, 11) is 1.30. The van der Waals surface area contributed by atoms with Crippen molar-refractivity contribution in [1.29, 1.82) is 0 Å². The van der Waals surface area contributed by atoms with Crippen molar-refractivity contribution in [3.8, 4) is 0 Å². The smallest absolute Gasteiger partial charge is 0.328 e. The lowest BCUT2D eigenvalue weighted by atomic mass is 10.1. The molecule has 6 heteroatoms. The highest BCUT2D eigenvalue weighted by atomic mass is 32.1. The number of ether oxygens (including phenoxy) is 1. The molecule has 0 aliphatic rings. The van der Waals surface area contributed by atoms with Gasteiger partial charge in [-0.25, -0.2) is 9.78 Å². The van der Waals surface area contributed by atoms with E-state index in [1.807, 2.05) is 30.3 Å². The summed E-state index contributed by atoms with van der Waals surface area (Å²) in [5, 5.41) is 4.28. The molecule has 0 aliphatic heterocycles. The molecule has 0 radical (unpaired) electrons. The van der Waals surface area contributed by atoms with Gasteiger partial charge in [0, 0.05) is 11.8 Å². The lowest BCUT2D eigenvalue weighted by molar-refractivity contribution is -0.142. The second-order valence-electron chi connectivity index (χ2n) is 4.11. The highest BCUT2D eigenvalue weighted by Crippen LogP contribution is 2.06. The Morgan fingerprint density at radius 3 is 2.70 bits per heavy atom. The predicted molar refractivity (Wildman–Crippen MR) is 75.5 cm³/mol. The summed E-state index contributed by atoms with van der Waals surface area (Å²) in [5.41, 5.74) is 2.82. The van der Waals surface area contributed by atoms with E-state index in [2.05, 4.69) is 10.3 Å². The molecule has 0 bridgehead atoms. The Kier molecular flexibility index (Phi) is 4.84. The zero-order valence-corrected chi connectivity index (χ0v) is 11.7. The van der Waals surface area contributed by atoms with Gasteiger partial charge in [0.15, 0.2) is 0 Å². The average Bonchev–Trinajstić information content (AvgIpc) is 3.01. The Bertz CT molecular complexity index is 569. The summed E-state index contributed by atoms with van der Waals surface area (Å²) in [5.74, 6) is -0.852. The van der Waals surface area contributed by atoms with E-state index < -0.39 is 12.0 Å². The van der Waals surface area contributed by atoms with E-state index in [4.69, 9.17) is 4.74 Å². The van der Waals surface area contributed by atoms with Crippen LogP contribution in [0.15, 0.2) is 41.2 Å². The first-order chi connectivity index (χ1) is 9.70. The largest absolute Gasteiger partial charge is 0.467 e. The van der Waals surface area contributed by atoms with Gasteiger partial charge in [-0.1, -0.05) is 30.3 Å². The van der Waals surface area contributed by atoms with Gasteiger partial charge in [0.05, 0.1) is 12.6 Å². The van der Waals surface area contributed by atoms with E-state index in [1.54, 1.807) is 10.9 Å². The minimum atomic E-state index is -0.725. The molecular formula is C14H14N2O3S. The first kappa shape index (κ1) is 14.2. The Labute approximate surface area is 120 Å². The van der Waals surface area contributed by atoms with E-state index >= 15 is 0 Å². The second-order valence-corrected chi connectivity index (χ2v) is 4.83. The fraction of sp³-hybridized carbons (Fsp3) is 0.214. The maximum absolute atomic E-state index is 12.0. The lowest BCUT2D eigenvalue weighted by Crippen LogP contribution is -2.43. The molecule has 0 saturated carbocycles. The van der Waals surface area contributed by atoms with E-state index in [9.17, 15) is 9.59 Å². The number of esters is 1. The van der Waals surface area contributed by atoms with Crippen LogP contribution in [-0.2, 0) is 16.0 Å². The Balaban J connectivity index is 2.08. The topological polar surface area (TPSA) is 68.3 Å². The molecule has 0 spiro atoms. The molecule has 20 heavy (non-hydrogen) atoms. The highest BCUT2D eigenvalue weighted by Gasteiger charge is 2.23. The van der Waals surface area contributed by atoms with Crippen molar-refractivity contribution in [3.05, 3.63) is 52.5 Å². The number of nitrogens with one attached hydrogen (secondary N) is 1. The molecule has 1 atom stereocenters. The van der Waals surface area contributed by atoms with E-state index in [0.29, 0.717) is 12.1 Å². The van der Waals surface area contributed by atoms with Gasteiger partial charge in [-0.3, -0.25) is 4.79 Å². The molecule has 2 rings (SSSR count). The van der Waals surface area contributed by atoms with Crippen molar-refractivity contribution >= 4 is 23.2 Å². The predicted octanol–water partition coefficient (Wildman–Crippen LogP) is 1.66. The number of benzene rings is 1. The summed E-state index contributed by atoms with van der Waals surface area (Å²) in [6, 6.07) is 8.72. The molecule has 1 amide bonds. The molecule has 2 aromatic rings. The fourth-order valence-electron chi connectivity index (χ4n) is 1.74. The van der Waals surface area contributed by atoms with Crippen LogP contribution in [0, 0.1) is 0 Å². The van der Waals surface area contributed by atoms with Crippen LogP contribution in [0.25, 0.3) is 0 Å². The van der Waals surface area contributed by atoms with Crippen LogP contribution >= 0.6 is 11.3 Å². The third kappa shape index (κ3) is 3.64. The molecule has 0 saturated heterocycles. The van der Waals surface area contributed by atoms with E-state index in [0.717, 1.165) is 5.56 Å².